The van der Waals surface area contributed by atoms with Crippen LogP contribution in [0, 0.1) is 0 Å². The molecule has 0 bridgehead atoms. The van der Waals surface area contributed by atoms with Gasteiger partial charge in [-0.1, -0.05) is 29.8 Å². The van der Waals surface area contributed by atoms with Gasteiger partial charge in [0.25, 0.3) is 5.56 Å². The Morgan fingerprint density at radius 3 is 2.59 bits per heavy atom. The van der Waals surface area contributed by atoms with Crippen molar-refractivity contribution in [2.24, 2.45) is 0 Å². The van der Waals surface area contributed by atoms with E-state index >= 15 is 0 Å². The zero-order valence-electron chi connectivity index (χ0n) is 15.9. The molecule has 0 amide bonds. The van der Waals surface area contributed by atoms with Crippen molar-refractivity contribution in [2.75, 3.05) is 0 Å². The SMILES string of the molecule is O=C1CCCCC1Sc1nc2sc3c(c2c(=O)n1-c1ccc(Cl)cc1)CCCC3. The highest BCUT2D eigenvalue weighted by Gasteiger charge is 2.28. The molecule has 1 fully saturated rings. The number of carbonyl (C=O) groups is 1. The molecule has 0 aliphatic heterocycles. The van der Waals surface area contributed by atoms with Gasteiger partial charge < -0.3 is 0 Å². The fraction of sp³-hybridized carbons (Fsp3) is 0.409. The molecule has 0 radical (unpaired) electrons. The average molecular weight is 445 g/mol. The number of ketones is 1. The van der Waals surface area contributed by atoms with Crippen LogP contribution in [-0.2, 0) is 17.6 Å². The molecule has 2 aliphatic rings. The lowest BCUT2D eigenvalue weighted by molar-refractivity contribution is -0.119. The van der Waals surface area contributed by atoms with Crippen molar-refractivity contribution in [3.05, 3.63) is 50.1 Å². The maximum atomic E-state index is 13.7. The smallest absolute Gasteiger partial charge is 0.267 e. The summed E-state index contributed by atoms with van der Waals surface area (Å²) in [6, 6.07) is 7.28. The minimum atomic E-state index is -0.124. The molecule has 1 aromatic carbocycles. The number of nitrogens with zero attached hydrogens (tertiary/aromatic N) is 2. The van der Waals surface area contributed by atoms with Gasteiger partial charge in [0.05, 0.1) is 16.3 Å². The molecule has 0 spiro atoms. The largest absolute Gasteiger partial charge is 0.298 e. The van der Waals surface area contributed by atoms with E-state index in [0.717, 1.165) is 54.4 Å². The number of aromatic nitrogens is 2. The van der Waals surface area contributed by atoms with E-state index in [4.69, 9.17) is 16.6 Å². The lowest BCUT2D eigenvalue weighted by Crippen LogP contribution is -2.26. The number of aryl methyl sites for hydroxylation is 2. The van der Waals surface area contributed by atoms with Crippen LogP contribution in [0.5, 0.6) is 0 Å². The third-order valence-corrected chi connectivity index (χ3v) is 8.49. The van der Waals surface area contributed by atoms with Crippen LogP contribution in [0.2, 0.25) is 5.02 Å². The Morgan fingerprint density at radius 1 is 1.03 bits per heavy atom. The van der Waals surface area contributed by atoms with Gasteiger partial charge in [-0.25, -0.2) is 4.98 Å². The van der Waals surface area contributed by atoms with Crippen molar-refractivity contribution in [2.45, 2.75) is 61.8 Å². The number of Topliss-reactive ketones (excluding diaryl/α,β-unsaturated/α-hetero) is 1. The summed E-state index contributed by atoms with van der Waals surface area (Å²) in [5, 5.41) is 1.88. The first-order valence-electron chi connectivity index (χ1n) is 10.1. The van der Waals surface area contributed by atoms with E-state index in [0.29, 0.717) is 16.6 Å². The minimum absolute atomic E-state index is 0.0255. The van der Waals surface area contributed by atoms with Gasteiger partial charge in [0.2, 0.25) is 0 Å². The molecule has 7 heteroatoms. The van der Waals surface area contributed by atoms with Crippen molar-refractivity contribution in [3.8, 4) is 5.69 Å². The summed E-state index contributed by atoms with van der Waals surface area (Å²) in [7, 11) is 0. The van der Waals surface area contributed by atoms with Crippen molar-refractivity contribution in [3.63, 3.8) is 0 Å². The molecule has 4 nitrogen and oxygen atoms in total. The van der Waals surface area contributed by atoms with Gasteiger partial charge in [0.1, 0.15) is 10.6 Å². The van der Waals surface area contributed by atoms with Crippen molar-refractivity contribution < 1.29 is 4.79 Å². The third-order valence-electron chi connectivity index (χ3n) is 5.79. The molecule has 0 saturated heterocycles. The molecule has 1 atom stereocenters. The number of thiophene rings is 1. The second-order valence-corrected chi connectivity index (χ2v) is 10.4. The Bertz CT molecular complexity index is 1150. The van der Waals surface area contributed by atoms with Crippen molar-refractivity contribution in [1.82, 2.24) is 9.55 Å². The molecular formula is C22H21ClN2O2S2. The van der Waals surface area contributed by atoms with Gasteiger partial charge in [-0.15, -0.1) is 11.3 Å². The number of halogens is 1. The maximum absolute atomic E-state index is 13.7. The van der Waals surface area contributed by atoms with Crippen LogP contribution in [-0.4, -0.2) is 20.6 Å². The normalized spacial score (nSPS) is 19.5. The van der Waals surface area contributed by atoms with E-state index in [9.17, 15) is 9.59 Å². The van der Waals surface area contributed by atoms with Crippen LogP contribution >= 0.6 is 34.7 Å². The van der Waals surface area contributed by atoms with Gasteiger partial charge in [0.15, 0.2) is 5.16 Å². The van der Waals surface area contributed by atoms with E-state index in [1.54, 1.807) is 28.0 Å². The third kappa shape index (κ3) is 3.56. The topological polar surface area (TPSA) is 52.0 Å². The summed E-state index contributed by atoms with van der Waals surface area (Å²) in [5.41, 5.74) is 1.90. The standard InChI is InChI=1S/C22H21ClN2O2S2/c23-13-9-11-14(12-10-13)25-21(27)19-15-5-1-3-7-17(15)28-20(19)24-22(25)29-18-8-4-2-6-16(18)26/h9-12,18H,1-8H2. The molecule has 3 aromatic rings. The quantitative estimate of drug-likeness (QED) is 0.494. The fourth-order valence-electron chi connectivity index (χ4n) is 4.29. The van der Waals surface area contributed by atoms with Crippen LogP contribution < -0.4 is 5.56 Å². The predicted octanol–water partition coefficient (Wildman–Crippen LogP) is 5.58. The van der Waals surface area contributed by atoms with E-state index in [-0.39, 0.29) is 16.6 Å². The lowest BCUT2D eigenvalue weighted by atomic mass is 9.97. The summed E-state index contributed by atoms with van der Waals surface area (Å²) in [4.78, 5) is 33.2. The van der Waals surface area contributed by atoms with Crippen LogP contribution in [0.4, 0.5) is 0 Å². The fourth-order valence-corrected chi connectivity index (χ4v) is 6.95. The highest BCUT2D eigenvalue weighted by Crippen LogP contribution is 2.37. The number of carbonyl (C=O) groups excluding carboxylic acids is 1. The second-order valence-electron chi connectivity index (χ2n) is 7.72. The van der Waals surface area contributed by atoms with Gasteiger partial charge in [-0.05, 0) is 68.4 Å². The number of thioether (sulfide) groups is 1. The van der Waals surface area contributed by atoms with Gasteiger partial charge >= 0.3 is 0 Å². The molecule has 150 valence electrons. The summed E-state index contributed by atoms with van der Waals surface area (Å²) in [5.74, 6) is 0.267. The van der Waals surface area contributed by atoms with Gasteiger partial charge in [-0.2, -0.15) is 0 Å². The van der Waals surface area contributed by atoms with Crippen LogP contribution in [0.25, 0.3) is 15.9 Å². The second kappa shape index (κ2) is 7.89. The summed E-state index contributed by atoms with van der Waals surface area (Å²) in [6.45, 7) is 0. The van der Waals surface area contributed by atoms with Gasteiger partial charge in [-0.3, -0.25) is 14.2 Å². The maximum Gasteiger partial charge on any atom is 0.267 e. The Hall–Kier alpha value is -1.63. The number of fused-ring (bicyclic) bond motifs is 3. The first kappa shape index (κ1) is 19.3. The highest BCUT2D eigenvalue weighted by molar-refractivity contribution is 8.00. The van der Waals surface area contributed by atoms with Crippen molar-refractivity contribution in [1.29, 1.82) is 0 Å². The molecule has 2 heterocycles. The molecule has 2 aromatic heterocycles. The zero-order chi connectivity index (χ0) is 20.0. The monoisotopic (exact) mass is 444 g/mol. The molecule has 0 N–H and O–H groups in total. The first-order valence-corrected chi connectivity index (χ1v) is 12.2. The summed E-state index contributed by atoms with van der Waals surface area (Å²) in [6.07, 6.45) is 7.74. The Balaban J connectivity index is 1.71. The van der Waals surface area contributed by atoms with Crippen LogP contribution in [0.3, 0.4) is 0 Å². The highest BCUT2D eigenvalue weighted by atomic mass is 35.5. The summed E-state index contributed by atoms with van der Waals surface area (Å²) < 4.78 is 1.69. The number of hydrogen-bond acceptors (Lipinski definition) is 5. The molecule has 1 saturated carbocycles. The number of rotatable bonds is 3. The molecular weight excluding hydrogens is 424 g/mol. The van der Waals surface area contributed by atoms with E-state index in [1.165, 1.54) is 28.6 Å². The molecule has 1 unspecified atom stereocenters. The van der Waals surface area contributed by atoms with Crippen molar-refractivity contribution >= 4 is 50.7 Å². The summed E-state index contributed by atoms with van der Waals surface area (Å²) >= 11 is 9.18. The molecule has 29 heavy (non-hydrogen) atoms. The Labute approximate surface area is 182 Å². The zero-order valence-corrected chi connectivity index (χ0v) is 18.3. The van der Waals surface area contributed by atoms with Crippen LogP contribution in [0.15, 0.2) is 34.2 Å². The number of benzene rings is 1. The van der Waals surface area contributed by atoms with E-state index < -0.39 is 0 Å². The molecule has 5 rings (SSSR count). The number of hydrogen-bond donors (Lipinski definition) is 0. The van der Waals surface area contributed by atoms with E-state index in [1.807, 2.05) is 12.1 Å². The van der Waals surface area contributed by atoms with Gasteiger partial charge in [0, 0.05) is 16.3 Å². The Morgan fingerprint density at radius 2 is 1.79 bits per heavy atom. The lowest BCUT2D eigenvalue weighted by Gasteiger charge is -2.21. The first-order chi connectivity index (χ1) is 14.1. The van der Waals surface area contributed by atoms with Crippen LogP contribution in [0.1, 0.15) is 49.0 Å². The Kier molecular flexibility index (Phi) is 5.26. The predicted molar refractivity (Wildman–Crippen MR) is 120 cm³/mol. The average Bonchev–Trinajstić information content (AvgIpc) is 3.09. The molecule has 2 aliphatic carbocycles. The minimum Gasteiger partial charge on any atom is -0.298 e. The van der Waals surface area contributed by atoms with E-state index in [2.05, 4.69) is 0 Å².